The molecular weight excluding hydrogens is 526 g/mol. The summed E-state index contributed by atoms with van der Waals surface area (Å²) in [6, 6.07) is 16.9. The number of carbonyl (C=O) groups is 3. The van der Waals surface area contributed by atoms with E-state index in [1.165, 1.54) is 23.1 Å². The number of thiocarbonyl (C=S) groups is 1. The number of ether oxygens (including phenoxy) is 1. The van der Waals surface area contributed by atoms with E-state index in [1.807, 2.05) is 18.2 Å². The number of hydrogen-bond acceptors (Lipinski definition) is 7. The zero-order valence-electron chi connectivity index (χ0n) is 20.5. The van der Waals surface area contributed by atoms with Crippen LogP contribution in [0.4, 0.5) is 5.69 Å². The van der Waals surface area contributed by atoms with E-state index >= 15 is 0 Å². The van der Waals surface area contributed by atoms with Crippen LogP contribution in [0.5, 0.6) is 17.2 Å². The van der Waals surface area contributed by atoms with E-state index in [2.05, 4.69) is 10.6 Å². The van der Waals surface area contributed by atoms with Crippen molar-refractivity contribution in [3.8, 4) is 17.2 Å². The number of phenolic OH excluding ortho intramolecular Hbond substituents is 1. The second kappa shape index (κ2) is 11.8. The summed E-state index contributed by atoms with van der Waals surface area (Å²) in [7, 11) is 0. The van der Waals surface area contributed by atoms with Crippen LogP contribution in [0, 0.1) is 0 Å². The van der Waals surface area contributed by atoms with E-state index in [9.17, 15) is 24.6 Å². The molecule has 3 aromatic carbocycles. The smallest absolute Gasteiger partial charge is 0.336 e. The number of aliphatic carboxylic acids is 2. The molecule has 6 N–H and O–H groups in total. The van der Waals surface area contributed by atoms with Gasteiger partial charge >= 0.3 is 17.9 Å². The van der Waals surface area contributed by atoms with Gasteiger partial charge in [0, 0.05) is 41.9 Å². The van der Waals surface area contributed by atoms with Crippen LogP contribution in [0.1, 0.15) is 33.0 Å². The highest BCUT2D eigenvalue weighted by molar-refractivity contribution is 7.80. The minimum atomic E-state index is -1.15. The molecule has 3 aromatic rings. The van der Waals surface area contributed by atoms with Gasteiger partial charge in [-0.3, -0.25) is 14.5 Å². The number of fused-ring (bicyclic) bond motifs is 2. The molecule has 1 unspecified atom stereocenters. The number of aromatic carboxylic acids is 1. The quantitative estimate of drug-likeness (QED) is 0.160. The third kappa shape index (κ3) is 6.61. The summed E-state index contributed by atoms with van der Waals surface area (Å²) in [5.74, 6) is -2.89. The minimum Gasteiger partial charge on any atom is -0.508 e. The molecule has 0 fully saturated rings. The lowest BCUT2D eigenvalue weighted by atomic mass is 9.80. The molecule has 39 heavy (non-hydrogen) atoms. The van der Waals surface area contributed by atoms with Crippen molar-refractivity contribution < 1.29 is 39.5 Å². The van der Waals surface area contributed by atoms with E-state index in [1.54, 1.807) is 24.3 Å². The maximum Gasteiger partial charge on any atom is 0.336 e. The Morgan fingerprint density at radius 3 is 2.23 bits per heavy atom. The Labute approximate surface area is 228 Å². The van der Waals surface area contributed by atoms with E-state index in [0.29, 0.717) is 28.3 Å². The van der Waals surface area contributed by atoms with Crippen LogP contribution in [0.3, 0.4) is 0 Å². The fourth-order valence-corrected chi connectivity index (χ4v) is 4.67. The maximum atomic E-state index is 12.4. The van der Waals surface area contributed by atoms with Crippen LogP contribution in [0.2, 0.25) is 0 Å². The highest BCUT2D eigenvalue weighted by Gasteiger charge is 2.31. The average Bonchev–Trinajstić information content (AvgIpc) is 2.86. The van der Waals surface area contributed by atoms with Crippen molar-refractivity contribution in [2.45, 2.75) is 5.92 Å². The molecule has 0 aliphatic carbocycles. The Hall–Kier alpha value is -4.68. The number of carboxylic acids is 3. The van der Waals surface area contributed by atoms with E-state index in [0.717, 1.165) is 5.56 Å². The van der Waals surface area contributed by atoms with Gasteiger partial charge in [-0.15, -0.1) is 0 Å². The van der Waals surface area contributed by atoms with E-state index < -0.39 is 36.9 Å². The summed E-state index contributed by atoms with van der Waals surface area (Å²) in [6.45, 7) is -0.595. The van der Waals surface area contributed by atoms with Crippen molar-refractivity contribution in [2.24, 2.45) is 0 Å². The van der Waals surface area contributed by atoms with Crippen molar-refractivity contribution in [3.63, 3.8) is 0 Å². The molecule has 12 heteroatoms. The molecule has 0 aromatic heterocycles. The highest BCUT2D eigenvalue weighted by Crippen LogP contribution is 2.49. The standard InChI is InChI=1S/C27H25N3O8S/c31-16-6-8-19-22(12-16)38-21-4-2-1-3-18(21)25(19)17-7-5-15(11-20(17)26(36)37)29-27(39)28-9-10-30(13-23(32)33)14-24(34)35/h1-8,11-12,25,31H,9-10,13-14H2,(H,32,33)(H,34,35)(H,36,37)(H2,28,29,39). The summed E-state index contributed by atoms with van der Waals surface area (Å²) in [4.78, 5) is 35.5. The number of aromatic hydroxyl groups is 1. The number of carboxylic acid groups (broad SMARTS) is 3. The number of benzene rings is 3. The predicted molar refractivity (Wildman–Crippen MR) is 145 cm³/mol. The summed E-state index contributed by atoms with van der Waals surface area (Å²) >= 11 is 5.29. The number of hydrogen-bond donors (Lipinski definition) is 6. The first-order valence-corrected chi connectivity index (χ1v) is 12.2. The van der Waals surface area contributed by atoms with Gasteiger partial charge in [0.05, 0.1) is 18.7 Å². The Kier molecular flexibility index (Phi) is 8.27. The monoisotopic (exact) mass is 551 g/mol. The van der Waals surface area contributed by atoms with Crippen LogP contribution in [-0.4, -0.2) is 74.5 Å². The number of nitrogens with one attached hydrogen (secondary N) is 2. The van der Waals surface area contributed by atoms with Crippen molar-refractivity contribution in [1.82, 2.24) is 10.2 Å². The molecule has 0 radical (unpaired) electrons. The topological polar surface area (TPSA) is 169 Å². The molecular formula is C27H25N3O8S. The molecule has 202 valence electrons. The van der Waals surface area contributed by atoms with Gasteiger partial charge in [0.15, 0.2) is 5.11 Å². The lowest BCUT2D eigenvalue weighted by Crippen LogP contribution is -2.41. The van der Waals surface area contributed by atoms with E-state index in [-0.39, 0.29) is 29.5 Å². The maximum absolute atomic E-state index is 12.4. The molecule has 11 nitrogen and oxygen atoms in total. The molecule has 1 atom stereocenters. The Morgan fingerprint density at radius 2 is 1.54 bits per heavy atom. The van der Waals surface area contributed by atoms with Crippen LogP contribution in [0.25, 0.3) is 0 Å². The first-order chi connectivity index (χ1) is 18.6. The number of rotatable bonds is 10. The highest BCUT2D eigenvalue weighted by atomic mass is 32.1. The molecule has 1 aliphatic rings. The van der Waals surface area contributed by atoms with Gasteiger partial charge in [-0.05, 0) is 42.0 Å². The predicted octanol–water partition coefficient (Wildman–Crippen LogP) is 3.13. The van der Waals surface area contributed by atoms with Crippen LogP contribution >= 0.6 is 12.2 Å². The van der Waals surface area contributed by atoms with Gasteiger partial charge in [-0.25, -0.2) is 4.79 Å². The van der Waals surface area contributed by atoms with Gasteiger partial charge in [0.1, 0.15) is 17.2 Å². The van der Waals surface area contributed by atoms with Crippen LogP contribution in [0.15, 0.2) is 60.7 Å². The first kappa shape index (κ1) is 27.4. The normalized spacial score (nSPS) is 13.5. The van der Waals surface area contributed by atoms with Crippen molar-refractivity contribution in [2.75, 3.05) is 31.5 Å². The van der Waals surface area contributed by atoms with Crippen LogP contribution < -0.4 is 15.4 Å². The van der Waals surface area contributed by atoms with Crippen LogP contribution in [-0.2, 0) is 9.59 Å². The van der Waals surface area contributed by atoms with Crippen molar-refractivity contribution >= 4 is 40.9 Å². The summed E-state index contributed by atoms with van der Waals surface area (Å²) in [5, 5.41) is 43.9. The molecule has 1 heterocycles. The van der Waals surface area contributed by atoms with Gasteiger partial charge in [0.25, 0.3) is 0 Å². The summed E-state index contributed by atoms with van der Waals surface area (Å²) in [5.41, 5.74) is 2.46. The van der Waals surface area contributed by atoms with Gasteiger partial charge in [-0.1, -0.05) is 30.3 Å². The second-order valence-corrected chi connectivity index (χ2v) is 9.19. The molecule has 4 rings (SSSR count). The SMILES string of the molecule is O=C(O)CN(CCNC(=S)Nc1ccc(C2c3ccccc3Oc3cc(O)ccc32)c(C(=O)O)c1)CC(=O)O. The Bertz CT molecular complexity index is 1430. The Morgan fingerprint density at radius 1 is 0.872 bits per heavy atom. The first-order valence-electron chi connectivity index (χ1n) is 11.8. The molecule has 0 spiro atoms. The molecule has 0 bridgehead atoms. The zero-order chi connectivity index (χ0) is 28.1. The fraction of sp³-hybridized carbons (Fsp3) is 0.185. The van der Waals surface area contributed by atoms with Crippen molar-refractivity contribution in [1.29, 1.82) is 0 Å². The lowest BCUT2D eigenvalue weighted by Gasteiger charge is -2.29. The van der Waals surface area contributed by atoms with E-state index in [4.69, 9.17) is 27.2 Å². The molecule has 0 saturated heterocycles. The number of nitrogens with zero attached hydrogens (tertiary/aromatic N) is 1. The summed E-state index contributed by atoms with van der Waals surface area (Å²) in [6.07, 6.45) is 0. The van der Waals surface area contributed by atoms with Gasteiger partial charge in [-0.2, -0.15) is 0 Å². The lowest BCUT2D eigenvalue weighted by molar-refractivity contribution is -0.141. The number of para-hydroxylation sites is 1. The third-order valence-corrected chi connectivity index (χ3v) is 6.29. The van der Waals surface area contributed by atoms with Gasteiger partial charge < -0.3 is 35.8 Å². The second-order valence-electron chi connectivity index (χ2n) is 8.78. The minimum absolute atomic E-state index is 0.0277. The molecule has 0 saturated carbocycles. The number of phenols is 1. The molecule has 0 amide bonds. The molecule has 1 aliphatic heterocycles. The third-order valence-electron chi connectivity index (χ3n) is 6.04. The number of anilines is 1. The largest absolute Gasteiger partial charge is 0.508 e. The van der Waals surface area contributed by atoms with Gasteiger partial charge in [0.2, 0.25) is 0 Å². The Balaban J connectivity index is 1.54. The fourth-order valence-electron chi connectivity index (χ4n) is 4.45. The zero-order valence-corrected chi connectivity index (χ0v) is 21.3. The van der Waals surface area contributed by atoms with Crippen molar-refractivity contribution in [3.05, 3.63) is 82.9 Å². The summed E-state index contributed by atoms with van der Waals surface area (Å²) < 4.78 is 5.97. The average molecular weight is 552 g/mol.